The minimum absolute atomic E-state index is 0.167. The van der Waals surface area contributed by atoms with E-state index in [0.717, 1.165) is 30.9 Å². The number of pyridine rings is 1. The Balaban J connectivity index is 1.85. The van der Waals surface area contributed by atoms with Crippen LogP contribution >= 0.6 is 11.8 Å². The number of hydrogen-bond donors (Lipinski definition) is 0. The van der Waals surface area contributed by atoms with Gasteiger partial charge in [-0.3, -0.25) is 4.98 Å². The van der Waals surface area contributed by atoms with Crippen molar-refractivity contribution in [1.82, 2.24) is 9.88 Å². The molecule has 5 heteroatoms. The smallest absolute Gasteiger partial charge is 0.410 e. The summed E-state index contributed by atoms with van der Waals surface area (Å²) in [6.07, 6.45) is 6.86. The van der Waals surface area contributed by atoms with E-state index in [-0.39, 0.29) is 12.1 Å². The third-order valence-corrected chi connectivity index (χ3v) is 4.71. The number of ether oxygens (including phenoxy) is 1. The highest BCUT2D eigenvalue weighted by Crippen LogP contribution is 2.24. The van der Waals surface area contributed by atoms with Gasteiger partial charge in [0.15, 0.2) is 0 Å². The molecule has 0 bridgehead atoms. The molecule has 1 saturated heterocycles. The maximum absolute atomic E-state index is 12.3. The topological polar surface area (TPSA) is 42.4 Å². The van der Waals surface area contributed by atoms with Crippen molar-refractivity contribution in [3.05, 3.63) is 30.1 Å². The Morgan fingerprint density at radius 1 is 1.45 bits per heavy atom. The molecule has 2 rings (SSSR count). The van der Waals surface area contributed by atoms with E-state index < -0.39 is 5.60 Å². The van der Waals surface area contributed by atoms with E-state index in [2.05, 4.69) is 11.1 Å². The summed E-state index contributed by atoms with van der Waals surface area (Å²) in [5, 5.41) is 0. The van der Waals surface area contributed by atoms with Crippen molar-refractivity contribution in [3.63, 3.8) is 0 Å². The molecule has 0 aliphatic carbocycles. The molecule has 0 unspecified atom stereocenters. The van der Waals surface area contributed by atoms with Crippen LogP contribution in [-0.2, 0) is 10.5 Å². The van der Waals surface area contributed by atoms with Crippen molar-refractivity contribution >= 4 is 17.9 Å². The molecule has 2 heterocycles. The van der Waals surface area contributed by atoms with Gasteiger partial charge in [-0.2, -0.15) is 11.8 Å². The van der Waals surface area contributed by atoms with Crippen LogP contribution in [0.25, 0.3) is 0 Å². The molecule has 1 atom stereocenters. The highest BCUT2D eigenvalue weighted by Gasteiger charge is 2.30. The number of carbonyl (C=O) groups excluding carboxylic acids is 1. The number of carbonyl (C=O) groups is 1. The molecule has 0 aromatic carbocycles. The van der Waals surface area contributed by atoms with Gasteiger partial charge in [0.2, 0.25) is 0 Å². The van der Waals surface area contributed by atoms with Crippen molar-refractivity contribution < 1.29 is 9.53 Å². The summed E-state index contributed by atoms with van der Waals surface area (Å²) in [6, 6.07) is 4.33. The van der Waals surface area contributed by atoms with Crippen LogP contribution in [0.4, 0.5) is 4.79 Å². The molecule has 22 heavy (non-hydrogen) atoms. The molecule has 0 radical (unpaired) electrons. The van der Waals surface area contributed by atoms with Crippen LogP contribution in [0.5, 0.6) is 0 Å². The molecule has 0 spiro atoms. The second-order valence-electron chi connectivity index (χ2n) is 6.70. The molecule has 122 valence electrons. The van der Waals surface area contributed by atoms with Crippen LogP contribution < -0.4 is 0 Å². The maximum Gasteiger partial charge on any atom is 0.410 e. The zero-order valence-corrected chi connectivity index (χ0v) is 14.6. The second kappa shape index (κ2) is 7.86. The van der Waals surface area contributed by atoms with E-state index in [0.29, 0.717) is 0 Å². The van der Waals surface area contributed by atoms with Gasteiger partial charge in [-0.15, -0.1) is 0 Å². The Morgan fingerprint density at radius 3 is 2.95 bits per heavy atom. The number of likely N-dealkylation sites (tertiary alicyclic amines) is 1. The van der Waals surface area contributed by atoms with Gasteiger partial charge in [-0.1, -0.05) is 6.07 Å². The van der Waals surface area contributed by atoms with Crippen LogP contribution in [-0.4, -0.2) is 39.9 Å². The standard InChI is InChI=1S/C17H26N2O2S/c1-17(2,3)21-16(20)19-10-5-4-8-15(19)13-22-12-14-7-6-9-18-11-14/h6-7,9,11,15H,4-5,8,10,12-13H2,1-3H3/t15-/m0/s1. The number of amides is 1. The van der Waals surface area contributed by atoms with Crippen LogP contribution in [0, 0.1) is 0 Å². The summed E-state index contributed by atoms with van der Waals surface area (Å²) in [6.45, 7) is 6.57. The zero-order valence-electron chi connectivity index (χ0n) is 13.7. The number of thioether (sulfide) groups is 1. The van der Waals surface area contributed by atoms with Crippen LogP contribution in [0.15, 0.2) is 24.5 Å². The third-order valence-electron chi connectivity index (χ3n) is 3.56. The first kappa shape index (κ1) is 17.1. The first-order chi connectivity index (χ1) is 10.5. The Kier molecular flexibility index (Phi) is 6.12. The average Bonchev–Trinajstić information content (AvgIpc) is 2.47. The van der Waals surface area contributed by atoms with Crippen LogP contribution in [0.1, 0.15) is 45.6 Å². The fourth-order valence-electron chi connectivity index (χ4n) is 2.53. The number of rotatable bonds is 4. The first-order valence-corrected chi connectivity index (χ1v) is 9.07. The Morgan fingerprint density at radius 2 is 2.27 bits per heavy atom. The zero-order chi connectivity index (χ0) is 16.0. The highest BCUT2D eigenvalue weighted by atomic mass is 32.2. The molecule has 0 saturated carbocycles. The molecular weight excluding hydrogens is 296 g/mol. The summed E-state index contributed by atoms with van der Waals surface area (Å²) in [5.41, 5.74) is 0.800. The Bertz CT molecular complexity index is 473. The average molecular weight is 322 g/mol. The number of hydrogen-bond acceptors (Lipinski definition) is 4. The van der Waals surface area contributed by atoms with E-state index in [4.69, 9.17) is 4.74 Å². The minimum atomic E-state index is -0.429. The van der Waals surface area contributed by atoms with Crippen LogP contribution in [0.2, 0.25) is 0 Å². The molecule has 1 amide bonds. The number of aromatic nitrogens is 1. The maximum atomic E-state index is 12.3. The normalized spacial score (nSPS) is 19.0. The third kappa shape index (κ3) is 5.52. The molecule has 4 nitrogen and oxygen atoms in total. The summed E-state index contributed by atoms with van der Waals surface area (Å²) < 4.78 is 5.54. The van der Waals surface area contributed by atoms with E-state index >= 15 is 0 Å². The minimum Gasteiger partial charge on any atom is -0.444 e. The fraction of sp³-hybridized carbons (Fsp3) is 0.647. The molecule has 0 N–H and O–H groups in total. The Labute approximate surface area is 137 Å². The van der Waals surface area contributed by atoms with Gasteiger partial charge < -0.3 is 9.64 Å². The van der Waals surface area contributed by atoms with Crippen LogP contribution in [0.3, 0.4) is 0 Å². The quantitative estimate of drug-likeness (QED) is 0.837. The van der Waals surface area contributed by atoms with Crippen molar-refractivity contribution in [2.75, 3.05) is 12.3 Å². The molecule has 1 fully saturated rings. The lowest BCUT2D eigenvalue weighted by Gasteiger charge is -2.36. The van der Waals surface area contributed by atoms with E-state index in [1.54, 1.807) is 6.20 Å². The highest BCUT2D eigenvalue weighted by molar-refractivity contribution is 7.98. The molecule has 1 aromatic heterocycles. The first-order valence-electron chi connectivity index (χ1n) is 7.92. The molecule has 1 aliphatic heterocycles. The van der Waals surface area contributed by atoms with E-state index in [9.17, 15) is 4.79 Å². The predicted octanol–water partition coefficient (Wildman–Crippen LogP) is 4.10. The van der Waals surface area contributed by atoms with Gasteiger partial charge in [-0.25, -0.2) is 4.79 Å². The lowest BCUT2D eigenvalue weighted by atomic mass is 10.0. The monoisotopic (exact) mass is 322 g/mol. The fourth-order valence-corrected chi connectivity index (χ4v) is 3.67. The predicted molar refractivity (Wildman–Crippen MR) is 91.0 cm³/mol. The van der Waals surface area contributed by atoms with Gasteiger partial charge in [0.25, 0.3) is 0 Å². The number of nitrogens with zero attached hydrogens (tertiary/aromatic N) is 2. The second-order valence-corrected chi connectivity index (χ2v) is 7.73. The Hall–Kier alpha value is -1.23. The van der Waals surface area contributed by atoms with Gasteiger partial charge >= 0.3 is 6.09 Å². The van der Waals surface area contributed by atoms with Gasteiger partial charge in [0.05, 0.1) is 0 Å². The van der Waals surface area contributed by atoms with Crippen molar-refractivity contribution in [2.24, 2.45) is 0 Å². The van der Waals surface area contributed by atoms with E-state index in [1.165, 1.54) is 12.0 Å². The SMILES string of the molecule is CC(C)(C)OC(=O)N1CCCC[C@H]1CSCc1cccnc1. The van der Waals surface area contributed by atoms with E-state index in [1.807, 2.05) is 49.7 Å². The van der Waals surface area contributed by atoms with Gasteiger partial charge in [0, 0.05) is 36.5 Å². The van der Waals surface area contributed by atoms with Gasteiger partial charge in [0.1, 0.15) is 5.60 Å². The molecule has 1 aliphatic rings. The summed E-state index contributed by atoms with van der Waals surface area (Å²) in [4.78, 5) is 18.4. The van der Waals surface area contributed by atoms with Gasteiger partial charge in [-0.05, 0) is 51.7 Å². The summed E-state index contributed by atoms with van der Waals surface area (Å²) >= 11 is 1.86. The lowest BCUT2D eigenvalue weighted by Crippen LogP contribution is -2.47. The largest absolute Gasteiger partial charge is 0.444 e. The lowest BCUT2D eigenvalue weighted by molar-refractivity contribution is 0.0126. The van der Waals surface area contributed by atoms with Crippen molar-refractivity contribution in [3.8, 4) is 0 Å². The molecular formula is C17H26N2O2S. The number of piperidine rings is 1. The molecule has 1 aromatic rings. The summed E-state index contributed by atoms with van der Waals surface area (Å²) in [5.74, 6) is 1.89. The van der Waals surface area contributed by atoms with Crippen molar-refractivity contribution in [1.29, 1.82) is 0 Å². The summed E-state index contributed by atoms with van der Waals surface area (Å²) in [7, 11) is 0. The van der Waals surface area contributed by atoms with Crippen molar-refractivity contribution in [2.45, 2.75) is 57.4 Å².